The number of nitrogens with zero attached hydrogens (tertiary/aromatic N) is 1. The molecular weight excluding hydrogens is 258 g/mol. The third-order valence-electron chi connectivity index (χ3n) is 3.47. The first-order valence-electron chi connectivity index (χ1n) is 6.33. The predicted octanol–water partition coefficient (Wildman–Crippen LogP) is 0.262. The molecule has 0 unspecified atom stereocenters. The van der Waals surface area contributed by atoms with Crippen LogP contribution in [0.15, 0.2) is 40.1 Å². The highest BCUT2D eigenvalue weighted by Gasteiger charge is 2.23. The Hall–Kier alpha value is -2.63. The summed E-state index contributed by atoms with van der Waals surface area (Å²) < 4.78 is 0. The van der Waals surface area contributed by atoms with Gasteiger partial charge in [-0.1, -0.05) is 24.3 Å². The molecule has 2 aromatic rings. The topological polar surface area (TPSA) is 86.0 Å². The van der Waals surface area contributed by atoms with Crippen LogP contribution in [-0.4, -0.2) is 27.3 Å². The Morgan fingerprint density at radius 3 is 2.65 bits per heavy atom. The Kier molecular flexibility index (Phi) is 2.98. The highest BCUT2D eigenvalue weighted by Crippen LogP contribution is 2.19. The Morgan fingerprint density at radius 1 is 1.15 bits per heavy atom. The number of aromatic amines is 2. The van der Waals surface area contributed by atoms with Gasteiger partial charge in [0.1, 0.15) is 5.56 Å². The van der Waals surface area contributed by atoms with Crippen molar-refractivity contribution in [1.29, 1.82) is 0 Å². The summed E-state index contributed by atoms with van der Waals surface area (Å²) in [5.41, 5.74) is 1.01. The summed E-state index contributed by atoms with van der Waals surface area (Å²) in [5, 5.41) is 0. The van der Waals surface area contributed by atoms with Gasteiger partial charge in [0.2, 0.25) is 0 Å². The molecule has 1 aliphatic rings. The smallest absolute Gasteiger partial charge is 0.325 e. The molecule has 2 heterocycles. The summed E-state index contributed by atoms with van der Waals surface area (Å²) in [6.45, 7) is 1.04. The molecule has 102 valence electrons. The zero-order chi connectivity index (χ0) is 14.1. The summed E-state index contributed by atoms with van der Waals surface area (Å²) in [4.78, 5) is 40.9. The van der Waals surface area contributed by atoms with Crippen molar-refractivity contribution in [2.45, 2.75) is 13.0 Å². The van der Waals surface area contributed by atoms with Gasteiger partial charge in [0, 0.05) is 19.3 Å². The number of hydrogen-bond donors (Lipinski definition) is 2. The fraction of sp³-hybridized carbons (Fsp3) is 0.214. The second kappa shape index (κ2) is 4.80. The van der Waals surface area contributed by atoms with Crippen LogP contribution in [0.25, 0.3) is 0 Å². The van der Waals surface area contributed by atoms with Crippen molar-refractivity contribution in [3.8, 4) is 0 Å². The molecule has 0 saturated carbocycles. The number of benzene rings is 1. The summed E-state index contributed by atoms with van der Waals surface area (Å²) in [5.74, 6) is -0.364. The molecule has 0 bridgehead atoms. The van der Waals surface area contributed by atoms with E-state index in [4.69, 9.17) is 0 Å². The quantitative estimate of drug-likeness (QED) is 0.780. The average molecular weight is 271 g/mol. The van der Waals surface area contributed by atoms with E-state index in [1.54, 1.807) is 4.90 Å². The first kappa shape index (κ1) is 12.4. The van der Waals surface area contributed by atoms with E-state index in [9.17, 15) is 14.4 Å². The van der Waals surface area contributed by atoms with Gasteiger partial charge >= 0.3 is 5.69 Å². The Morgan fingerprint density at radius 2 is 1.90 bits per heavy atom. The van der Waals surface area contributed by atoms with E-state index < -0.39 is 11.2 Å². The van der Waals surface area contributed by atoms with Crippen LogP contribution in [0, 0.1) is 0 Å². The van der Waals surface area contributed by atoms with Crippen LogP contribution < -0.4 is 11.2 Å². The van der Waals surface area contributed by atoms with Gasteiger partial charge < -0.3 is 9.88 Å². The molecule has 0 saturated heterocycles. The third kappa shape index (κ3) is 2.16. The maximum Gasteiger partial charge on any atom is 0.325 e. The number of aromatic nitrogens is 2. The minimum Gasteiger partial charge on any atom is -0.334 e. The Labute approximate surface area is 114 Å². The molecule has 6 nitrogen and oxygen atoms in total. The van der Waals surface area contributed by atoms with E-state index in [2.05, 4.69) is 9.97 Å². The van der Waals surface area contributed by atoms with Crippen molar-refractivity contribution >= 4 is 5.91 Å². The standard InChI is InChI=1S/C14H13N3O3/c18-12-11(7-15-14(20)16-12)13(19)17-6-5-9-3-1-2-4-10(9)8-17/h1-4,7H,5-6,8H2,(H2,15,16,18,20). The highest BCUT2D eigenvalue weighted by atomic mass is 16.2. The van der Waals surface area contributed by atoms with Crippen molar-refractivity contribution < 1.29 is 4.79 Å². The number of carbonyl (C=O) groups excluding carboxylic acids is 1. The number of rotatable bonds is 1. The van der Waals surface area contributed by atoms with Crippen molar-refractivity contribution in [3.63, 3.8) is 0 Å². The van der Waals surface area contributed by atoms with Gasteiger partial charge in [-0.05, 0) is 17.5 Å². The lowest BCUT2D eigenvalue weighted by Crippen LogP contribution is -2.39. The van der Waals surface area contributed by atoms with E-state index in [-0.39, 0.29) is 11.5 Å². The van der Waals surface area contributed by atoms with Crippen LogP contribution in [0.5, 0.6) is 0 Å². The van der Waals surface area contributed by atoms with E-state index in [1.165, 1.54) is 11.8 Å². The maximum absolute atomic E-state index is 12.3. The van der Waals surface area contributed by atoms with Gasteiger partial charge in [-0.25, -0.2) is 4.79 Å². The van der Waals surface area contributed by atoms with E-state index in [1.807, 2.05) is 24.3 Å². The molecule has 1 aromatic heterocycles. The molecule has 20 heavy (non-hydrogen) atoms. The largest absolute Gasteiger partial charge is 0.334 e. The second-order valence-electron chi connectivity index (χ2n) is 4.73. The first-order valence-corrected chi connectivity index (χ1v) is 6.33. The van der Waals surface area contributed by atoms with Crippen LogP contribution in [0.2, 0.25) is 0 Å². The molecule has 1 aromatic carbocycles. The van der Waals surface area contributed by atoms with Gasteiger partial charge in [0.15, 0.2) is 0 Å². The van der Waals surface area contributed by atoms with E-state index in [0.29, 0.717) is 13.1 Å². The number of amides is 1. The molecule has 6 heteroatoms. The number of fused-ring (bicyclic) bond motifs is 1. The molecule has 1 amide bonds. The fourth-order valence-electron chi connectivity index (χ4n) is 2.41. The minimum absolute atomic E-state index is 0.0380. The summed E-state index contributed by atoms with van der Waals surface area (Å²) >= 11 is 0. The zero-order valence-corrected chi connectivity index (χ0v) is 10.7. The van der Waals surface area contributed by atoms with Crippen LogP contribution >= 0.6 is 0 Å². The molecule has 0 radical (unpaired) electrons. The fourth-order valence-corrected chi connectivity index (χ4v) is 2.41. The average Bonchev–Trinajstić information content (AvgIpc) is 2.46. The predicted molar refractivity (Wildman–Crippen MR) is 72.6 cm³/mol. The number of hydrogen-bond acceptors (Lipinski definition) is 3. The normalized spacial score (nSPS) is 13.9. The molecule has 0 spiro atoms. The molecule has 0 atom stereocenters. The van der Waals surface area contributed by atoms with Crippen molar-refractivity contribution in [2.24, 2.45) is 0 Å². The van der Waals surface area contributed by atoms with Crippen molar-refractivity contribution in [3.05, 3.63) is 68.0 Å². The van der Waals surface area contributed by atoms with E-state index >= 15 is 0 Å². The van der Waals surface area contributed by atoms with Gasteiger partial charge in [-0.15, -0.1) is 0 Å². The lowest BCUT2D eigenvalue weighted by atomic mass is 9.99. The lowest BCUT2D eigenvalue weighted by Gasteiger charge is -2.28. The molecular formula is C14H13N3O3. The van der Waals surface area contributed by atoms with Crippen LogP contribution in [0.3, 0.4) is 0 Å². The zero-order valence-electron chi connectivity index (χ0n) is 10.7. The summed E-state index contributed by atoms with van der Waals surface area (Å²) in [6, 6.07) is 7.93. The molecule has 3 rings (SSSR count). The van der Waals surface area contributed by atoms with Crippen molar-refractivity contribution in [1.82, 2.24) is 14.9 Å². The molecule has 2 N–H and O–H groups in total. The molecule has 0 fully saturated rings. The van der Waals surface area contributed by atoms with Gasteiger partial charge in [0.25, 0.3) is 11.5 Å². The van der Waals surface area contributed by atoms with Gasteiger partial charge in [-0.3, -0.25) is 14.6 Å². The Bertz CT molecular complexity index is 775. The molecule has 0 aliphatic carbocycles. The number of H-pyrrole nitrogens is 2. The summed E-state index contributed by atoms with van der Waals surface area (Å²) in [7, 11) is 0. The van der Waals surface area contributed by atoms with Crippen LogP contribution in [0.1, 0.15) is 21.5 Å². The van der Waals surface area contributed by atoms with Crippen LogP contribution in [-0.2, 0) is 13.0 Å². The van der Waals surface area contributed by atoms with Crippen molar-refractivity contribution in [2.75, 3.05) is 6.54 Å². The molecule has 1 aliphatic heterocycles. The lowest BCUT2D eigenvalue weighted by molar-refractivity contribution is 0.0732. The Balaban J connectivity index is 1.89. The monoisotopic (exact) mass is 271 g/mol. The number of carbonyl (C=O) groups is 1. The maximum atomic E-state index is 12.3. The second-order valence-corrected chi connectivity index (χ2v) is 4.73. The highest BCUT2D eigenvalue weighted by molar-refractivity contribution is 5.93. The minimum atomic E-state index is -0.655. The third-order valence-corrected chi connectivity index (χ3v) is 3.47. The van der Waals surface area contributed by atoms with E-state index in [0.717, 1.165) is 12.0 Å². The number of nitrogens with one attached hydrogen (secondary N) is 2. The first-order chi connectivity index (χ1) is 9.65. The van der Waals surface area contributed by atoms with Crippen LogP contribution in [0.4, 0.5) is 0 Å². The van der Waals surface area contributed by atoms with Gasteiger partial charge in [-0.2, -0.15) is 0 Å². The SMILES string of the molecule is O=C(c1c[nH]c(=O)[nH]c1=O)N1CCc2ccccc2C1. The summed E-state index contributed by atoms with van der Waals surface area (Å²) in [6.07, 6.45) is 1.94. The van der Waals surface area contributed by atoms with Gasteiger partial charge in [0.05, 0.1) is 0 Å².